The molecule has 0 saturated carbocycles. The van der Waals surface area contributed by atoms with Crippen molar-refractivity contribution in [2.75, 3.05) is 9.21 Å². The summed E-state index contributed by atoms with van der Waals surface area (Å²) in [5.41, 5.74) is 3.37. The number of urea groups is 1. The summed E-state index contributed by atoms with van der Waals surface area (Å²) in [7, 11) is -4.02. The highest BCUT2D eigenvalue weighted by Crippen LogP contribution is 2.39. The van der Waals surface area contributed by atoms with Crippen LogP contribution in [0, 0.1) is 13.8 Å². The van der Waals surface area contributed by atoms with Crippen molar-refractivity contribution in [3.05, 3.63) is 87.9 Å². The van der Waals surface area contributed by atoms with Crippen LogP contribution >= 0.6 is 15.9 Å². The first kappa shape index (κ1) is 19.7. The van der Waals surface area contributed by atoms with E-state index in [1.807, 2.05) is 50.2 Å². The number of halogens is 1. The molecule has 4 rings (SSSR count). The Hall–Kier alpha value is -2.64. The number of benzene rings is 3. The molecule has 0 aliphatic carbocycles. The van der Waals surface area contributed by atoms with Crippen LogP contribution < -0.4 is 9.21 Å². The van der Waals surface area contributed by atoms with E-state index < -0.39 is 16.1 Å². The fourth-order valence-electron chi connectivity index (χ4n) is 3.55. The van der Waals surface area contributed by atoms with Gasteiger partial charge in [-0.2, -0.15) is 4.31 Å². The molecule has 0 N–H and O–H groups in total. The third-order valence-electron chi connectivity index (χ3n) is 4.88. The SMILES string of the molecule is Cc1ccc(N2C(=O)N(Cc3cccc(Br)c3)c3ccccc3S2(=O)=O)c(C)c1. The second kappa shape index (κ2) is 7.31. The number of sulfonamides is 1. The molecule has 1 aliphatic heterocycles. The number of anilines is 2. The number of hydrogen-bond acceptors (Lipinski definition) is 3. The number of carbonyl (C=O) groups excluding carboxylic acids is 1. The molecule has 29 heavy (non-hydrogen) atoms. The molecule has 5 nitrogen and oxygen atoms in total. The number of amides is 2. The van der Waals surface area contributed by atoms with E-state index in [0.29, 0.717) is 11.4 Å². The zero-order valence-electron chi connectivity index (χ0n) is 16.0. The number of rotatable bonds is 3. The van der Waals surface area contributed by atoms with Gasteiger partial charge in [-0.25, -0.2) is 13.2 Å². The fourth-order valence-corrected chi connectivity index (χ4v) is 5.65. The van der Waals surface area contributed by atoms with Crippen molar-refractivity contribution >= 4 is 43.4 Å². The Morgan fingerprint density at radius 3 is 2.38 bits per heavy atom. The quantitative estimate of drug-likeness (QED) is 0.514. The first-order chi connectivity index (χ1) is 13.8. The molecular formula is C22H19BrN2O3S. The van der Waals surface area contributed by atoms with Crippen LogP contribution in [0.15, 0.2) is 76.1 Å². The molecule has 2 amide bonds. The molecule has 148 valence electrons. The van der Waals surface area contributed by atoms with Crippen LogP contribution in [0.1, 0.15) is 16.7 Å². The van der Waals surface area contributed by atoms with Crippen LogP contribution in [0.3, 0.4) is 0 Å². The van der Waals surface area contributed by atoms with Crippen molar-refractivity contribution in [3.63, 3.8) is 0 Å². The van der Waals surface area contributed by atoms with Crippen molar-refractivity contribution in [1.29, 1.82) is 0 Å². The highest BCUT2D eigenvalue weighted by Gasteiger charge is 2.42. The predicted octanol–water partition coefficient (Wildman–Crippen LogP) is 5.40. The monoisotopic (exact) mass is 470 g/mol. The minimum Gasteiger partial charge on any atom is -0.287 e. The second-order valence-corrected chi connectivity index (χ2v) is 9.70. The van der Waals surface area contributed by atoms with Gasteiger partial charge in [0.25, 0.3) is 10.0 Å². The molecule has 0 saturated heterocycles. The molecule has 3 aromatic carbocycles. The Morgan fingerprint density at radius 2 is 1.66 bits per heavy atom. The molecular weight excluding hydrogens is 452 g/mol. The third-order valence-corrected chi connectivity index (χ3v) is 7.11. The van der Waals surface area contributed by atoms with E-state index in [-0.39, 0.29) is 11.4 Å². The maximum Gasteiger partial charge on any atom is 0.343 e. The number of para-hydroxylation sites is 1. The average molecular weight is 471 g/mol. The van der Waals surface area contributed by atoms with Crippen LogP contribution in [-0.2, 0) is 16.6 Å². The Balaban J connectivity index is 1.89. The number of carbonyl (C=O) groups is 1. The van der Waals surface area contributed by atoms with Gasteiger partial charge in [-0.3, -0.25) is 4.90 Å². The van der Waals surface area contributed by atoms with Crippen molar-refractivity contribution in [3.8, 4) is 0 Å². The van der Waals surface area contributed by atoms with Crippen molar-refractivity contribution in [2.45, 2.75) is 25.3 Å². The molecule has 0 spiro atoms. The molecule has 3 aromatic rings. The second-order valence-electron chi connectivity index (χ2n) is 7.03. The number of hydrogen-bond donors (Lipinski definition) is 0. The van der Waals surface area contributed by atoms with Gasteiger partial charge >= 0.3 is 6.03 Å². The normalized spacial score (nSPS) is 15.3. The fraction of sp³-hybridized carbons (Fsp3) is 0.136. The summed E-state index contributed by atoms with van der Waals surface area (Å²) in [5, 5.41) is 0. The number of aryl methyl sites for hydroxylation is 2. The summed E-state index contributed by atoms with van der Waals surface area (Å²) in [5.74, 6) is 0. The number of fused-ring (bicyclic) bond motifs is 1. The topological polar surface area (TPSA) is 57.7 Å². The van der Waals surface area contributed by atoms with E-state index in [0.717, 1.165) is 25.5 Å². The maximum absolute atomic E-state index is 13.5. The van der Waals surface area contributed by atoms with Gasteiger partial charge in [0.1, 0.15) is 4.90 Å². The summed E-state index contributed by atoms with van der Waals surface area (Å²) in [6.45, 7) is 3.99. The van der Waals surface area contributed by atoms with E-state index in [9.17, 15) is 13.2 Å². The lowest BCUT2D eigenvalue weighted by atomic mass is 10.1. The van der Waals surface area contributed by atoms with Crippen LogP contribution in [0.25, 0.3) is 0 Å². The highest BCUT2D eigenvalue weighted by atomic mass is 79.9. The van der Waals surface area contributed by atoms with E-state index in [4.69, 9.17) is 0 Å². The first-order valence-corrected chi connectivity index (χ1v) is 11.3. The summed E-state index contributed by atoms with van der Waals surface area (Å²) in [6, 6.07) is 19.0. The zero-order chi connectivity index (χ0) is 20.8. The van der Waals surface area contributed by atoms with Crippen LogP contribution in [0.2, 0.25) is 0 Å². The average Bonchev–Trinajstić information content (AvgIpc) is 2.67. The molecule has 0 aromatic heterocycles. The Bertz CT molecular complexity index is 1220. The van der Waals surface area contributed by atoms with Crippen molar-refractivity contribution in [1.82, 2.24) is 0 Å². The molecule has 0 bridgehead atoms. The molecule has 1 aliphatic rings. The predicted molar refractivity (Wildman–Crippen MR) is 118 cm³/mol. The minimum atomic E-state index is -4.02. The third kappa shape index (κ3) is 3.45. The largest absolute Gasteiger partial charge is 0.343 e. The molecule has 7 heteroatoms. The van der Waals surface area contributed by atoms with Crippen LogP contribution in [0.4, 0.5) is 16.2 Å². The van der Waals surface area contributed by atoms with Gasteiger partial charge in [0.2, 0.25) is 0 Å². The lowest BCUT2D eigenvalue weighted by molar-refractivity contribution is 0.253. The highest BCUT2D eigenvalue weighted by molar-refractivity contribution is 9.10. The standard InChI is InChI=1S/C22H19BrN2O3S/c1-15-10-11-19(16(2)12-15)25-22(26)24(14-17-6-5-7-18(23)13-17)20-8-3-4-9-21(20)29(25,27)28/h3-13H,14H2,1-2H3. The van der Waals surface area contributed by atoms with Gasteiger partial charge in [-0.1, -0.05) is 57.9 Å². The van der Waals surface area contributed by atoms with Crippen molar-refractivity contribution in [2.24, 2.45) is 0 Å². The van der Waals surface area contributed by atoms with Crippen LogP contribution in [-0.4, -0.2) is 14.4 Å². The minimum absolute atomic E-state index is 0.120. The Kier molecular flexibility index (Phi) is 4.96. The van der Waals surface area contributed by atoms with Gasteiger partial charge < -0.3 is 0 Å². The van der Waals surface area contributed by atoms with Crippen molar-refractivity contribution < 1.29 is 13.2 Å². The summed E-state index contributed by atoms with van der Waals surface area (Å²) in [6.07, 6.45) is 0. The zero-order valence-corrected chi connectivity index (χ0v) is 18.4. The maximum atomic E-state index is 13.5. The van der Waals surface area contributed by atoms with E-state index >= 15 is 0 Å². The number of nitrogens with zero attached hydrogens (tertiary/aromatic N) is 2. The molecule has 1 heterocycles. The first-order valence-electron chi connectivity index (χ1n) is 9.06. The van der Waals surface area contributed by atoms with Gasteiger partial charge in [0.15, 0.2) is 0 Å². The van der Waals surface area contributed by atoms with E-state index in [2.05, 4.69) is 15.9 Å². The van der Waals surface area contributed by atoms with Gasteiger partial charge in [0.05, 0.1) is 17.9 Å². The summed E-state index contributed by atoms with van der Waals surface area (Å²) < 4.78 is 28.6. The molecule has 0 radical (unpaired) electrons. The lowest BCUT2D eigenvalue weighted by Crippen LogP contribution is -2.51. The molecule has 0 atom stereocenters. The smallest absolute Gasteiger partial charge is 0.287 e. The lowest BCUT2D eigenvalue weighted by Gasteiger charge is -2.36. The Labute approximate surface area is 178 Å². The van der Waals surface area contributed by atoms with Crippen LogP contribution in [0.5, 0.6) is 0 Å². The molecule has 0 unspecified atom stereocenters. The summed E-state index contributed by atoms with van der Waals surface area (Å²) in [4.78, 5) is 15.1. The van der Waals surface area contributed by atoms with Gasteiger partial charge in [0, 0.05) is 4.47 Å². The van der Waals surface area contributed by atoms with E-state index in [1.165, 1.54) is 4.90 Å². The Morgan fingerprint density at radius 1 is 0.897 bits per heavy atom. The summed E-state index contributed by atoms with van der Waals surface area (Å²) >= 11 is 3.45. The van der Waals surface area contributed by atoms with E-state index in [1.54, 1.807) is 30.3 Å². The van der Waals surface area contributed by atoms with Gasteiger partial charge in [-0.15, -0.1) is 0 Å². The molecule has 0 fully saturated rings. The van der Waals surface area contributed by atoms with Gasteiger partial charge in [-0.05, 0) is 55.3 Å².